The second kappa shape index (κ2) is 7.23. The Kier molecular flexibility index (Phi) is 4.83. The first kappa shape index (κ1) is 16.7. The SMILES string of the molecule is Fc1cccc(Cl)c1CN1CCC(c2nnc(-c3ccsc3)o2)CC1. The van der Waals surface area contributed by atoms with E-state index >= 15 is 0 Å². The van der Waals surface area contributed by atoms with Gasteiger partial charge in [0.15, 0.2) is 0 Å². The van der Waals surface area contributed by atoms with Crippen LogP contribution in [0.4, 0.5) is 4.39 Å². The summed E-state index contributed by atoms with van der Waals surface area (Å²) in [4.78, 5) is 2.22. The van der Waals surface area contributed by atoms with Crippen LogP contribution in [0, 0.1) is 5.82 Å². The molecule has 2 aromatic heterocycles. The lowest BCUT2D eigenvalue weighted by Crippen LogP contribution is -2.33. The van der Waals surface area contributed by atoms with Gasteiger partial charge in [-0.25, -0.2) is 4.39 Å². The largest absolute Gasteiger partial charge is 0.420 e. The van der Waals surface area contributed by atoms with Crippen molar-refractivity contribution in [1.82, 2.24) is 15.1 Å². The first-order chi connectivity index (χ1) is 12.2. The van der Waals surface area contributed by atoms with Gasteiger partial charge >= 0.3 is 0 Å². The molecule has 25 heavy (non-hydrogen) atoms. The molecule has 1 saturated heterocycles. The van der Waals surface area contributed by atoms with E-state index in [0.717, 1.165) is 31.5 Å². The smallest absolute Gasteiger partial charge is 0.248 e. The van der Waals surface area contributed by atoms with Crippen LogP contribution < -0.4 is 0 Å². The van der Waals surface area contributed by atoms with E-state index in [1.54, 1.807) is 23.5 Å². The molecular weight excluding hydrogens is 361 g/mol. The minimum Gasteiger partial charge on any atom is -0.420 e. The third-order valence-corrected chi connectivity index (χ3v) is 5.63. The van der Waals surface area contributed by atoms with E-state index in [1.807, 2.05) is 16.8 Å². The average Bonchev–Trinajstić information content (AvgIpc) is 3.30. The van der Waals surface area contributed by atoms with Gasteiger partial charge in [0.25, 0.3) is 0 Å². The highest BCUT2D eigenvalue weighted by atomic mass is 35.5. The van der Waals surface area contributed by atoms with Gasteiger partial charge in [0.05, 0.1) is 0 Å². The summed E-state index contributed by atoms with van der Waals surface area (Å²) < 4.78 is 19.8. The predicted molar refractivity (Wildman–Crippen MR) is 96.3 cm³/mol. The molecule has 0 atom stereocenters. The van der Waals surface area contributed by atoms with Crippen LogP contribution in [0.1, 0.15) is 30.2 Å². The summed E-state index contributed by atoms with van der Waals surface area (Å²) in [6.45, 7) is 2.24. The average molecular weight is 378 g/mol. The fourth-order valence-corrected chi connectivity index (χ4v) is 4.00. The number of hydrogen-bond acceptors (Lipinski definition) is 5. The molecule has 4 rings (SSSR count). The van der Waals surface area contributed by atoms with Gasteiger partial charge in [0.1, 0.15) is 5.82 Å². The first-order valence-electron chi connectivity index (χ1n) is 8.22. The zero-order valence-electron chi connectivity index (χ0n) is 13.5. The summed E-state index contributed by atoms with van der Waals surface area (Å²) in [5.41, 5.74) is 1.54. The highest BCUT2D eigenvalue weighted by Crippen LogP contribution is 2.31. The Bertz CT molecular complexity index is 824. The Labute approximate surface area is 154 Å². The number of rotatable bonds is 4. The maximum atomic E-state index is 13.9. The van der Waals surface area contributed by atoms with E-state index in [0.29, 0.717) is 28.9 Å². The van der Waals surface area contributed by atoms with E-state index in [-0.39, 0.29) is 11.7 Å². The van der Waals surface area contributed by atoms with Crippen LogP contribution in [0.15, 0.2) is 39.4 Å². The molecule has 1 aliphatic heterocycles. The summed E-state index contributed by atoms with van der Waals surface area (Å²) in [5.74, 6) is 1.29. The zero-order chi connectivity index (χ0) is 17.2. The molecule has 0 bridgehead atoms. The molecular formula is C18H17ClFN3OS. The van der Waals surface area contributed by atoms with Crippen molar-refractivity contribution in [2.24, 2.45) is 0 Å². The van der Waals surface area contributed by atoms with Crippen LogP contribution in [-0.2, 0) is 6.54 Å². The fourth-order valence-electron chi connectivity index (χ4n) is 3.15. The van der Waals surface area contributed by atoms with Crippen LogP contribution in [0.5, 0.6) is 0 Å². The topological polar surface area (TPSA) is 42.2 Å². The van der Waals surface area contributed by atoms with E-state index < -0.39 is 0 Å². The van der Waals surface area contributed by atoms with Crippen LogP contribution in [0.3, 0.4) is 0 Å². The lowest BCUT2D eigenvalue weighted by molar-refractivity contribution is 0.191. The van der Waals surface area contributed by atoms with Gasteiger partial charge < -0.3 is 4.42 Å². The molecule has 0 amide bonds. The molecule has 1 aliphatic rings. The van der Waals surface area contributed by atoms with E-state index in [4.69, 9.17) is 16.0 Å². The van der Waals surface area contributed by atoms with E-state index in [2.05, 4.69) is 15.1 Å². The number of likely N-dealkylation sites (tertiary alicyclic amines) is 1. The van der Waals surface area contributed by atoms with Gasteiger partial charge in [-0.1, -0.05) is 17.7 Å². The van der Waals surface area contributed by atoms with Gasteiger partial charge in [-0.3, -0.25) is 4.90 Å². The second-order valence-electron chi connectivity index (χ2n) is 6.21. The Morgan fingerprint density at radius 3 is 2.80 bits per heavy atom. The molecule has 130 valence electrons. The van der Waals surface area contributed by atoms with Crippen molar-refractivity contribution < 1.29 is 8.81 Å². The Hall–Kier alpha value is -1.76. The van der Waals surface area contributed by atoms with Gasteiger partial charge in [-0.05, 0) is 49.5 Å². The minimum atomic E-state index is -0.244. The number of hydrogen-bond donors (Lipinski definition) is 0. The molecule has 1 aromatic carbocycles. The molecule has 0 aliphatic carbocycles. The number of piperidine rings is 1. The van der Waals surface area contributed by atoms with Gasteiger partial charge in [-0.15, -0.1) is 10.2 Å². The molecule has 0 unspecified atom stereocenters. The monoisotopic (exact) mass is 377 g/mol. The van der Waals surface area contributed by atoms with Gasteiger partial charge in [0.2, 0.25) is 11.8 Å². The van der Waals surface area contributed by atoms with Gasteiger partial charge in [0, 0.05) is 34.0 Å². The van der Waals surface area contributed by atoms with Gasteiger partial charge in [-0.2, -0.15) is 11.3 Å². The molecule has 3 heterocycles. The molecule has 0 spiro atoms. The molecule has 3 aromatic rings. The zero-order valence-corrected chi connectivity index (χ0v) is 15.1. The lowest BCUT2D eigenvalue weighted by Gasteiger charge is -2.30. The summed E-state index contributed by atoms with van der Waals surface area (Å²) in [6, 6.07) is 6.80. The van der Waals surface area contributed by atoms with E-state index in [9.17, 15) is 4.39 Å². The van der Waals surface area contributed by atoms with Crippen molar-refractivity contribution in [2.75, 3.05) is 13.1 Å². The van der Waals surface area contributed by atoms with Crippen molar-refractivity contribution >= 4 is 22.9 Å². The number of thiophene rings is 1. The van der Waals surface area contributed by atoms with Crippen molar-refractivity contribution in [1.29, 1.82) is 0 Å². The molecule has 0 N–H and O–H groups in total. The normalized spacial score (nSPS) is 16.4. The van der Waals surface area contributed by atoms with Crippen LogP contribution in [0.2, 0.25) is 5.02 Å². The number of nitrogens with zero attached hydrogens (tertiary/aromatic N) is 3. The molecule has 0 saturated carbocycles. The minimum absolute atomic E-state index is 0.244. The predicted octanol–water partition coefficient (Wildman–Crippen LogP) is 4.97. The maximum Gasteiger partial charge on any atom is 0.248 e. The maximum absolute atomic E-state index is 13.9. The Morgan fingerprint density at radius 1 is 1.24 bits per heavy atom. The summed E-state index contributed by atoms with van der Waals surface area (Å²) in [6.07, 6.45) is 1.83. The standard InChI is InChI=1S/C18H17ClFN3OS/c19-15-2-1-3-16(20)14(15)10-23-7-4-12(5-8-23)17-21-22-18(24-17)13-6-9-25-11-13/h1-3,6,9,11-12H,4-5,7-8,10H2. The number of aromatic nitrogens is 2. The highest BCUT2D eigenvalue weighted by Gasteiger charge is 2.26. The van der Waals surface area contributed by atoms with Crippen LogP contribution >= 0.6 is 22.9 Å². The Morgan fingerprint density at radius 2 is 2.08 bits per heavy atom. The molecule has 4 nitrogen and oxygen atoms in total. The summed E-state index contributed by atoms with van der Waals surface area (Å²) in [7, 11) is 0. The highest BCUT2D eigenvalue weighted by molar-refractivity contribution is 7.08. The summed E-state index contributed by atoms with van der Waals surface area (Å²) in [5, 5.41) is 12.8. The van der Waals surface area contributed by atoms with E-state index in [1.165, 1.54) is 6.07 Å². The van der Waals surface area contributed by atoms with Crippen molar-refractivity contribution in [2.45, 2.75) is 25.3 Å². The summed E-state index contributed by atoms with van der Waals surface area (Å²) >= 11 is 7.73. The number of halogens is 2. The quantitative estimate of drug-likeness (QED) is 0.643. The Balaban J connectivity index is 1.39. The fraction of sp³-hybridized carbons (Fsp3) is 0.333. The van der Waals surface area contributed by atoms with Crippen molar-refractivity contribution in [3.63, 3.8) is 0 Å². The lowest BCUT2D eigenvalue weighted by atomic mass is 9.96. The van der Waals surface area contributed by atoms with Crippen molar-refractivity contribution in [3.8, 4) is 11.5 Å². The second-order valence-corrected chi connectivity index (χ2v) is 7.40. The molecule has 0 radical (unpaired) electrons. The third-order valence-electron chi connectivity index (χ3n) is 4.59. The van der Waals surface area contributed by atoms with Crippen LogP contribution in [-0.4, -0.2) is 28.2 Å². The third kappa shape index (κ3) is 3.61. The number of benzene rings is 1. The first-order valence-corrected chi connectivity index (χ1v) is 9.54. The van der Waals surface area contributed by atoms with Crippen LogP contribution in [0.25, 0.3) is 11.5 Å². The van der Waals surface area contributed by atoms with Crippen molar-refractivity contribution in [3.05, 3.63) is 57.3 Å². The molecule has 7 heteroatoms. The molecule has 1 fully saturated rings.